The van der Waals surface area contributed by atoms with Gasteiger partial charge in [-0.05, 0) is 12.5 Å². The minimum absolute atomic E-state index is 0.106. The first-order valence-corrected chi connectivity index (χ1v) is 7.89. The number of nitrogens with zero attached hydrogens (tertiary/aromatic N) is 2. The number of rotatable bonds is 8. The van der Waals surface area contributed by atoms with Gasteiger partial charge in [0.15, 0.2) is 0 Å². The van der Waals surface area contributed by atoms with Gasteiger partial charge in [0.05, 0.1) is 13.2 Å². The van der Waals surface area contributed by atoms with Gasteiger partial charge >= 0.3 is 6.03 Å². The molecule has 6 nitrogen and oxygen atoms in total. The molecule has 0 aliphatic rings. The number of methoxy groups -OCH3 is 1. The molecule has 0 fully saturated rings. The molecule has 0 saturated heterocycles. The monoisotopic (exact) mass is 339 g/mol. The van der Waals surface area contributed by atoms with Crippen LogP contribution in [0.3, 0.4) is 0 Å². The summed E-state index contributed by atoms with van der Waals surface area (Å²) in [7, 11) is 4.81. The third-order valence-corrected chi connectivity index (χ3v) is 3.62. The summed E-state index contributed by atoms with van der Waals surface area (Å²) in [5.41, 5.74) is 0.413. The molecule has 1 aromatic rings. The van der Waals surface area contributed by atoms with Crippen molar-refractivity contribution in [1.82, 2.24) is 15.1 Å². The molecule has 0 aliphatic carbocycles. The van der Waals surface area contributed by atoms with E-state index >= 15 is 0 Å². The lowest BCUT2D eigenvalue weighted by Gasteiger charge is -2.27. The molecular weight excluding hydrogens is 313 g/mol. The van der Waals surface area contributed by atoms with Gasteiger partial charge in [0.2, 0.25) is 5.91 Å². The molecule has 1 atom stereocenters. The van der Waals surface area contributed by atoms with Crippen molar-refractivity contribution in [3.8, 4) is 0 Å². The van der Waals surface area contributed by atoms with E-state index in [-0.39, 0.29) is 18.3 Å². The number of halogens is 1. The molecule has 134 valence electrons. The maximum absolute atomic E-state index is 13.8. The Kier molecular flexibility index (Phi) is 8.18. The Morgan fingerprint density at radius 3 is 2.50 bits per heavy atom. The molecular formula is C17H26FN3O3. The van der Waals surface area contributed by atoms with Crippen LogP contribution in [0.1, 0.15) is 18.9 Å². The van der Waals surface area contributed by atoms with Crippen LogP contribution in [0.2, 0.25) is 0 Å². The van der Waals surface area contributed by atoms with Crippen molar-refractivity contribution >= 4 is 11.9 Å². The van der Waals surface area contributed by atoms with Crippen molar-refractivity contribution in [2.45, 2.75) is 25.9 Å². The number of hydrogen-bond acceptors (Lipinski definition) is 3. The predicted molar refractivity (Wildman–Crippen MR) is 90.0 cm³/mol. The Bertz CT molecular complexity index is 552. The number of carbonyl (C=O) groups is 2. The zero-order valence-corrected chi connectivity index (χ0v) is 14.7. The molecule has 24 heavy (non-hydrogen) atoms. The van der Waals surface area contributed by atoms with Crippen molar-refractivity contribution in [2.75, 3.05) is 34.4 Å². The maximum atomic E-state index is 13.8. The van der Waals surface area contributed by atoms with E-state index in [9.17, 15) is 14.0 Å². The van der Waals surface area contributed by atoms with E-state index in [2.05, 4.69) is 5.32 Å². The number of urea groups is 1. The predicted octanol–water partition coefficient (Wildman–Crippen LogP) is 1.85. The SMILES string of the molecule is CC[C@@H](NC(=O)N(CCOC)Cc1ccccc1F)C(=O)N(C)C. The Balaban J connectivity index is 2.84. The Morgan fingerprint density at radius 1 is 1.29 bits per heavy atom. The topological polar surface area (TPSA) is 61.9 Å². The highest BCUT2D eigenvalue weighted by Gasteiger charge is 2.23. The molecule has 0 bridgehead atoms. The normalized spacial score (nSPS) is 11.7. The van der Waals surface area contributed by atoms with Gasteiger partial charge in [-0.1, -0.05) is 25.1 Å². The first kappa shape index (κ1) is 19.9. The largest absolute Gasteiger partial charge is 0.383 e. The fourth-order valence-corrected chi connectivity index (χ4v) is 2.18. The van der Waals surface area contributed by atoms with E-state index in [1.165, 1.54) is 23.0 Å². The number of carbonyl (C=O) groups excluding carboxylic acids is 2. The van der Waals surface area contributed by atoms with E-state index in [1.807, 2.05) is 6.92 Å². The van der Waals surface area contributed by atoms with Gasteiger partial charge in [-0.25, -0.2) is 9.18 Å². The summed E-state index contributed by atoms with van der Waals surface area (Å²) in [5, 5.41) is 2.71. The average molecular weight is 339 g/mol. The third kappa shape index (κ3) is 5.81. The van der Waals surface area contributed by atoms with Crippen LogP contribution < -0.4 is 5.32 Å². The van der Waals surface area contributed by atoms with Crippen LogP contribution in [-0.2, 0) is 16.1 Å². The molecule has 1 N–H and O–H groups in total. The van der Waals surface area contributed by atoms with Crippen LogP contribution in [-0.4, -0.2) is 62.1 Å². The average Bonchev–Trinajstić information content (AvgIpc) is 2.57. The number of nitrogens with one attached hydrogen (secondary N) is 1. The highest BCUT2D eigenvalue weighted by atomic mass is 19.1. The van der Waals surface area contributed by atoms with Crippen molar-refractivity contribution in [3.05, 3.63) is 35.6 Å². The lowest BCUT2D eigenvalue weighted by molar-refractivity contribution is -0.130. The number of amides is 3. The summed E-state index contributed by atoms with van der Waals surface area (Å²) >= 11 is 0. The third-order valence-electron chi connectivity index (χ3n) is 3.62. The van der Waals surface area contributed by atoms with Crippen molar-refractivity contribution in [1.29, 1.82) is 0 Å². The molecule has 7 heteroatoms. The molecule has 0 spiro atoms. The highest BCUT2D eigenvalue weighted by Crippen LogP contribution is 2.10. The van der Waals surface area contributed by atoms with Crippen molar-refractivity contribution in [2.24, 2.45) is 0 Å². The van der Waals surface area contributed by atoms with E-state index < -0.39 is 12.1 Å². The summed E-state index contributed by atoms with van der Waals surface area (Å²) in [4.78, 5) is 27.5. The number of hydrogen-bond donors (Lipinski definition) is 1. The van der Waals surface area contributed by atoms with Crippen molar-refractivity contribution < 1.29 is 18.7 Å². The van der Waals surface area contributed by atoms with Crippen LogP contribution in [0.5, 0.6) is 0 Å². The van der Waals surface area contributed by atoms with Crippen molar-refractivity contribution in [3.63, 3.8) is 0 Å². The summed E-state index contributed by atoms with van der Waals surface area (Å²) in [6.45, 7) is 2.54. The zero-order chi connectivity index (χ0) is 18.1. The molecule has 3 amide bonds. The van der Waals surface area contributed by atoms with Gasteiger partial charge in [0.1, 0.15) is 11.9 Å². The summed E-state index contributed by atoms with van der Waals surface area (Å²) in [5.74, 6) is -0.549. The molecule has 1 rings (SSSR count). The quantitative estimate of drug-likeness (QED) is 0.786. The second kappa shape index (κ2) is 9.87. The molecule has 0 radical (unpaired) electrons. The van der Waals surface area contributed by atoms with Crippen LogP contribution in [0.25, 0.3) is 0 Å². The number of benzene rings is 1. The van der Waals surface area contributed by atoms with Gasteiger partial charge in [0, 0.05) is 33.3 Å². The van der Waals surface area contributed by atoms with Gasteiger partial charge in [-0.15, -0.1) is 0 Å². The van der Waals surface area contributed by atoms with E-state index in [4.69, 9.17) is 4.74 Å². The van der Waals surface area contributed by atoms with Gasteiger partial charge in [-0.2, -0.15) is 0 Å². The number of ether oxygens (including phenoxy) is 1. The van der Waals surface area contributed by atoms with Crippen LogP contribution in [0.15, 0.2) is 24.3 Å². The maximum Gasteiger partial charge on any atom is 0.318 e. The summed E-state index contributed by atoms with van der Waals surface area (Å²) in [6, 6.07) is 5.27. The first-order valence-electron chi connectivity index (χ1n) is 7.89. The molecule has 0 unspecified atom stereocenters. The number of likely N-dealkylation sites (N-methyl/N-ethyl adjacent to an activating group) is 1. The van der Waals surface area contributed by atoms with Gasteiger partial charge < -0.3 is 19.9 Å². The summed E-state index contributed by atoms with van der Waals surface area (Å²) < 4.78 is 18.9. The standard InChI is InChI=1S/C17H26FN3O3/c1-5-15(16(22)20(2)3)19-17(23)21(10-11-24-4)12-13-8-6-7-9-14(13)18/h6-9,15H,5,10-12H2,1-4H3,(H,19,23)/t15-/m1/s1. The highest BCUT2D eigenvalue weighted by molar-refractivity contribution is 5.86. The molecule has 0 heterocycles. The molecule has 0 aliphatic heterocycles. The lowest BCUT2D eigenvalue weighted by Crippen LogP contribution is -2.51. The first-order chi connectivity index (χ1) is 11.4. The van der Waals surface area contributed by atoms with Gasteiger partial charge in [-0.3, -0.25) is 4.79 Å². The van der Waals surface area contributed by atoms with Crippen LogP contribution in [0, 0.1) is 5.82 Å². The second-order valence-corrected chi connectivity index (χ2v) is 5.65. The minimum atomic E-state index is -0.613. The van der Waals surface area contributed by atoms with E-state index in [0.29, 0.717) is 25.1 Å². The Morgan fingerprint density at radius 2 is 1.96 bits per heavy atom. The lowest BCUT2D eigenvalue weighted by atomic mass is 10.2. The molecule has 1 aromatic carbocycles. The van der Waals surface area contributed by atoms with Gasteiger partial charge in [0.25, 0.3) is 0 Å². The van der Waals surface area contributed by atoms with E-state index in [1.54, 1.807) is 32.3 Å². The summed E-state index contributed by atoms with van der Waals surface area (Å²) in [6.07, 6.45) is 0.473. The minimum Gasteiger partial charge on any atom is -0.383 e. The molecule has 0 aromatic heterocycles. The fraction of sp³-hybridized carbons (Fsp3) is 0.529. The van der Waals surface area contributed by atoms with Crippen LogP contribution >= 0.6 is 0 Å². The Hall–Kier alpha value is -2.15. The zero-order valence-electron chi connectivity index (χ0n) is 14.7. The second-order valence-electron chi connectivity index (χ2n) is 5.65. The van der Waals surface area contributed by atoms with E-state index in [0.717, 1.165) is 0 Å². The Labute approximate surface area is 142 Å². The van der Waals surface area contributed by atoms with Crippen LogP contribution in [0.4, 0.5) is 9.18 Å². The molecule has 0 saturated carbocycles. The fourth-order valence-electron chi connectivity index (χ4n) is 2.18. The smallest absolute Gasteiger partial charge is 0.318 e.